The van der Waals surface area contributed by atoms with Gasteiger partial charge in [-0.1, -0.05) is 54.1 Å². The van der Waals surface area contributed by atoms with Crippen LogP contribution in [-0.2, 0) is 6.54 Å². The van der Waals surface area contributed by atoms with Gasteiger partial charge >= 0.3 is 0 Å². The normalized spacial score (nSPS) is 10.8. The molecule has 1 amide bonds. The summed E-state index contributed by atoms with van der Waals surface area (Å²) in [7, 11) is 0. The molecule has 2 aromatic carbocycles. The van der Waals surface area contributed by atoms with E-state index in [1.54, 1.807) is 10.8 Å². The SMILES string of the molecule is N=c1c(C(N)=O)cc(Cl)cn1Cc1cccc2ccccc12. The second-order valence-corrected chi connectivity index (χ2v) is 5.49. The minimum Gasteiger partial charge on any atom is -0.365 e. The Labute approximate surface area is 132 Å². The highest BCUT2D eigenvalue weighted by atomic mass is 35.5. The van der Waals surface area contributed by atoms with Crippen LogP contribution in [0.2, 0.25) is 5.02 Å². The monoisotopic (exact) mass is 311 g/mol. The fourth-order valence-corrected chi connectivity index (χ4v) is 2.76. The molecule has 0 bridgehead atoms. The molecule has 22 heavy (non-hydrogen) atoms. The van der Waals surface area contributed by atoms with E-state index in [1.807, 2.05) is 42.5 Å². The maximum Gasteiger partial charge on any atom is 0.252 e. The van der Waals surface area contributed by atoms with Gasteiger partial charge in [0.2, 0.25) is 0 Å². The lowest BCUT2D eigenvalue weighted by atomic mass is 10.0. The van der Waals surface area contributed by atoms with Crippen LogP contribution in [-0.4, -0.2) is 10.5 Å². The lowest BCUT2D eigenvalue weighted by molar-refractivity contribution is 0.0998. The van der Waals surface area contributed by atoms with Crippen molar-refractivity contribution in [2.24, 2.45) is 5.73 Å². The van der Waals surface area contributed by atoms with Crippen molar-refractivity contribution >= 4 is 28.3 Å². The molecule has 3 N–H and O–H groups in total. The van der Waals surface area contributed by atoms with Crippen molar-refractivity contribution in [3.63, 3.8) is 0 Å². The van der Waals surface area contributed by atoms with Crippen LogP contribution < -0.4 is 11.2 Å². The number of carbonyl (C=O) groups is 1. The summed E-state index contributed by atoms with van der Waals surface area (Å²) in [6.07, 6.45) is 1.64. The van der Waals surface area contributed by atoms with Crippen molar-refractivity contribution in [2.75, 3.05) is 0 Å². The second kappa shape index (κ2) is 5.66. The molecule has 110 valence electrons. The molecule has 0 aliphatic carbocycles. The van der Waals surface area contributed by atoms with Gasteiger partial charge in [0.1, 0.15) is 5.49 Å². The van der Waals surface area contributed by atoms with Crippen LogP contribution in [0, 0.1) is 5.41 Å². The molecule has 4 nitrogen and oxygen atoms in total. The van der Waals surface area contributed by atoms with Crippen molar-refractivity contribution in [1.82, 2.24) is 4.57 Å². The fraction of sp³-hybridized carbons (Fsp3) is 0.0588. The van der Waals surface area contributed by atoms with Crippen LogP contribution in [0.25, 0.3) is 10.8 Å². The Morgan fingerprint density at radius 1 is 1.18 bits per heavy atom. The summed E-state index contributed by atoms with van der Waals surface area (Å²) in [4.78, 5) is 11.4. The van der Waals surface area contributed by atoms with E-state index in [4.69, 9.17) is 22.7 Å². The summed E-state index contributed by atoms with van der Waals surface area (Å²) in [5.74, 6) is -0.654. The largest absolute Gasteiger partial charge is 0.365 e. The van der Waals surface area contributed by atoms with E-state index in [0.29, 0.717) is 11.6 Å². The molecule has 3 rings (SSSR count). The topological polar surface area (TPSA) is 71.9 Å². The van der Waals surface area contributed by atoms with E-state index in [9.17, 15) is 4.79 Å². The third kappa shape index (κ3) is 2.61. The molecule has 1 heterocycles. The third-order valence-corrected chi connectivity index (χ3v) is 3.80. The molecule has 3 aromatic rings. The predicted molar refractivity (Wildman–Crippen MR) is 86.9 cm³/mol. The summed E-state index contributed by atoms with van der Waals surface area (Å²) < 4.78 is 1.63. The van der Waals surface area contributed by atoms with Crippen LogP contribution in [0.5, 0.6) is 0 Å². The van der Waals surface area contributed by atoms with Gasteiger partial charge in [0.05, 0.1) is 10.6 Å². The molecule has 0 unspecified atom stereocenters. The molecule has 0 aliphatic rings. The zero-order valence-electron chi connectivity index (χ0n) is 11.7. The van der Waals surface area contributed by atoms with Crippen molar-refractivity contribution < 1.29 is 4.79 Å². The van der Waals surface area contributed by atoms with Crippen molar-refractivity contribution in [3.05, 3.63) is 76.4 Å². The van der Waals surface area contributed by atoms with Crippen LogP contribution in [0.15, 0.2) is 54.7 Å². The summed E-state index contributed by atoms with van der Waals surface area (Å²) in [5.41, 5.74) is 6.53. The Morgan fingerprint density at radius 3 is 2.68 bits per heavy atom. The molecule has 1 aromatic heterocycles. The van der Waals surface area contributed by atoms with Crippen LogP contribution in [0.1, 0.15) is 15.9 Å². The molecule has 0 radical (unpaired) electrons. The Hall–Kier alpha value is -2.59. The van der Waals surface area contributed by atoms with Crippen molar-refractivity contribution in [1.29, 1.82) is 5.41 Å². The first-order valence-electron chi connectivity index (χ1n) is 6.77. The number of rotatable bonds is 3. The molecule has 0 atom stereocenters. The first-order chi connectivity index (χ1) is 10.6. The van der Waals surface area contributed by atoms with Gasteiger partial charge in [0.25, 0.3) is 5.91 Å². The number of carbonyl (C=O) groups excluding carboxylic acids is 1. The Morgan fingerprint density at radius 2 is 1.91 bits per heavy atom. The average molecular weight is 312 g/mol. The van der Waals surface area contributed by atoms with E-state index in [2.05, 4.69) is 0 Å². The lowest BCUT2D eigenvalue weighted by Gasteiger charge is -2.12. The van der Waals surface area contributed by atoms with Gasteiger partial charge in [0.15, 0.2) is 0 Å². The Bertz CT molecular complexity index is 925. The van der Waals surface area contributed by atoms with E-state index in [0.717, 1.165) is 16.3 Å². The van der Waals surface area contributed by atoms with E-state index >= 15 is 0 Å². The van der Waals surface area contributed by atoms with Gasteiger partial charge < -0.3 is 10.3 Å². The standard InChI is InChI=1S/C17H14ClN3O/c18-13-8-15(17(20)22)16(19)21(10-13)9-12-6-3-5-11-4-1-2-7-14(11)12/h1-8,10,19H,9H2,(H2,20,22). The number of benzene rings is 2. The van der Waals surface area contributed by atoms with Crippen LogP contribution >= 0.6 is 11.6 Å². The number of aromatic nitrogens is 1. The lowest BCUT2D eigenvalue weighted by Crippen LogP contribution is -2.29. The smallest absolute Gasteiger partial charge is 0.252 e. The summed E-state index contributed by atoms with van der Waals surface area (Å²) in [5, 5.41) is 10.8. The maximum absolute atomic E-state index is 11.4. The third-order valence-electron chi connectivity index (χ3n) is 3.59. The first kappa shape index (κ1) is 14.4. The number of hydrogen-bond donors (Lipinski definition) is 2. The van der Waals surface area contributed by atoms with Gasteiger partial charge in [-0.2, -0.15) is 0 Å². The Kier molecular flexibility index (Phi) is 3.69. The molecule has 0 spiro atoms. The number of amides is 1. The summed E-state index contributed by atoms with van der Waals surface area (Å²) >= 11 is 6.04. The van der Waals surface area contributed by atoms with E-state index < -0.39 is 5.91 Å². The van der Waals surface area contributed by atoms with Gasteiger partial charge in [0, 0.05) is 12.7 Å². The van der Waals surface area contributed by atoms with Gasteiger partial charge in [-0.3, -0.25) is 10.2 Å². The first-order valence-corrected chi connectivity index (χ1v) is 7.15. The second-order valence-electron chi connectivity index (χ2n) is 5.05. The van der Waals surface area contributed by atoms with E-state index in [1.165, 1.54) is 6.07 Å². The minimum atomic E-state index is -0.654. The average Bonchev–Trinajstić information content (AvgIpc) is 2.50. The molecule has 0 saturated heterocycles. The number of pyridine rings is 1. The molecule has 5 heteroatoms. The minimum absolute atomic E-state index is 0.0600. The zero-order valence-corrected chi connectivity index (χ0v) is 12.5. The molecule has 0 saturated carbocycles. The molecule has 0 aliphatic heterocycles. The molecular formula is C17H14ClN3O. The van der Waals surface area contributed by atoms with Gasteiger partial charge in [-0.15, -0.1) is 0 Å². The summed E-state index contributed by atoms with van der Waals surface area (Å²) in [6.45, 7) is 0.445. The number of nitrogens with two attached hydrogens (primary N) is 1. The van der Waals surface area contributed by atoms with Gasteiger partial charge in [-0.25, -0.2) is 0 Å². The van der Waals surface area contributed by atoms with Crippen LogP contribution in [0.4, 0.5) is 0 Å². The number of nitrogens with one attached hydrogen (secondary N) is 1. The Balaban J connectivity index is 2.13. The predicted octanol–water partition coefficient (Wildman–Crippen LogP) is 2.92. The number of nitrogens with zero attached hydrogens (tertiary/aromatic N) is 1. The number of hydrogen-bond acceptors (Lipinski definition) is 2. The highest BCUT2D eigenvalue weighted by Crippen LogP contribution is 2.19. The number of primary amides is 1. The quantitative estimate of drug-likeness (QED) is 0.767. The highest BCUT2D eigenvalue weighted by molar-refractivity contribution is 6.30. The number of halogens is 1. The highest BCUT2D eigenvalue weighted by Gasteiger charge is 2.09. The van der Waals surface area contributed by atoms with Gasteiger partial charge in [-0.05, 0) is 22.4 Å². The molecular weight excluding hydrogens is 298 g/mol. The molecule has 0 fully saturated rings. The zero-order chi connectivity index (χ0) is 15.7. The van der Waals surface area contributed by atoms with Crippen LogP contribution in [0.3, 0.4) is 0 Å². The maximum atomic E-state index is 11.4. The number of fused-ring (bicyclic) bond motifs is 1. The fourth-order valence-electron chi connectivity index (χ4n) is 2.54. The van der Waals surface area contributed by atoms with E-state index in [-0.39, 0.29) is 11.1 Å². The van der Waals surface area contributed by atoms with Crippen molar-refractivity contribution in [2.45, 2.75) is 6.54 Å². The van der Waals surface area contributed by atoms with Crippen molar-refractivity contribution in [3.8, 4) is 0 Å². The summed E-state index contributed by atoms with van der Waals surface area (Å²) in [6, 6.07) is 15.5.